The first-order valence-corrected chi connectivity index (χ1v) is 10.4. The zero-order valence-corrected chi connectivity index (χ0v) is 16.4. The first kappa shape index (κ1) is 16.0. The van der Waals surface area contributed by atoms with E-state index in [0.29, 0.717) is 0 Å². The highest BCUT2D eigenvalue weighted by Crippen LogP contribution is 2.36. The van der Waals surface area contributed by atoms with E-state index in [1.54, 1.807) is 0 Å². The van der Waals surface area contributed by atoms with Crippen molar-refractivity contribution in [3.63, 3.8) is 0 Å². The molecule has 0 heteroatoms. The van der Waals surface area contributed by atoms with Gasteiger partial charge in [-0.05, 0) is 88.9 Å². The van der Waals surface area contributed by atoms with Crippen molar-refractivity contribution in [1.29, 1.82) is 0 Å². The first-order valence-electron chi connectivity index (χ1n) is 10.4. The van der Waals surface area contributed by atoms with Gasteiger partial charge in [-0.2, -0.15) is 0 Å². The Morgan fingerprint density at radius 1 is 0.267 bits per heavy atom. The first-order chi connectivity index (χ1) is 14.8. The van der Waals surface area contributed by atoms with Crippen LogP contribution < -0.4 is 0 Å². The second-order valence-electron chi connectivity index (χ2n) is 8.23. The van der Waals surface area contributed by atoms with Crippen molar-refractivity contribution in [2.45, 2.75) is 0 Å². The molecule has 0 fully saturated rings. The molecule has 7 aromatic rings. The molecule has 30 heavy (non-hydrogen) atoms. The zero-order chi connectivity index (χ0) is 19.7. The number of rotatable bonds is 0. The lowest BCUT2D eigenvalue weighted by Gasteiger charge is -2.11. The van der Waals surface area contributed by atoms with E-state index in [9.17, 15) is 0 Å². The van der Waals surface area contributed by atoms with Crippen molar-refractivity contribution in [2.75, 3.05) is 0 Å². The summed E-state index contributed by atoms with van der Waals surface area (Å²) in [7, 11) is 0. The molecule has 0 saturated heterocycles. The smallest absolute Gasteiger partial charge is 0.00266 e. The van der Waals surface area contributed by atoms with Crippen LogP contribution in [0.1, 0.15) is 0 Å². The standard InChI is InChI=1S/C30H18/c1-3-7-26-19(5-1)10-13-22-15-24-16-23-14-12-21-11-9-20-6-2-4-8-27(20)30(21)29(23)18-25(24)17-28(22)26/h1-18H. The summed E-state index contributed by atoms with van der Waals surface area (Å²) in [5.41, 5.74) is 0. The Morgan fingerprint density at radius 3 is 1.53 bits per heavy atom. The summed E-state index contributed by atoms with van der Waals surface area (Å²) in [4.78, 5) is 0. The predicted molar refractivity (Wildman–Crippen MR) is 131 cm³/mol. The molecule has 0 saturated carbocycles. The molecular formula is C30H18. The Balaban J connectivity index is 1.68. The average Bonchev–Trinajstić information content (AvgIpc) is 2.81. The van der Waals surface area contributed by atoms with Crippen LogP contribution in [-0.2, 0) is 0 Å². The molecule has 0 aliphatic heterocycles. The van der Waals surface area contributed by atoms with Crippen LogP contribution in [0.3, 0.4) is 0 Å². The molecule has 0 aliphatic rings. The summed E-state index contributed by atoms with van der Waals surface area (Å²) in [5.74, 6) is 0. The van der Waals surface area contributed by atoms with Crippen LogP contribution in [0, 0.1) is 0 Å². The Bertz CT molecular complexity index is 1780. The monoisotopic (exact) mass is 378 g/mol. The maximum absolute atomic E-state index is 2.39. The summed E-state index contributed by atoms with van der Waals surface area (Å²) in [5, 5.41) is 15.7. The van der Waals surface area contributed by atoms with Crippen LogP contribution in [-0.4, -0.2) is 0 Å². The Kier molecular flexibility index (Phi) is 3.09. The number of benzene rings is 7. The Labute approximate surface area is 174 Å². The van der Waals surface area contributed by atoms with Crippen molar-refractivity contribution < 1.29 is 0 Å². The summed E-state index contributed by atoms with van der Waals surface area (Å²) in [6.45, 7) is 0. The van der Waals surface area contributed by atoms with Gasteiger partial charge in [0.2, 0.25) is 0 Å². The van der Waals surface area contributed by atoms with Crippen molar-refractivity contribution in [2.24, 2.45) is 0 Å². The fourth-order valence-electron chi connectivity index (χ4n) is 5.09. The van der Waals surface area contributed by atoms with E-state index in [-0.39, 0.29) is 0 Å². The highest BCUT2D eigenvalue weighted by molar-refractivity contribution is 6.23. The van der Waals surface area contributed by atoms with Crippen molar-refractivity contribution in [3.05, 3.63) is 109 Å². The minimum absolute atomic E-state index is 1.29. The summed E-state index contributed by atoms with van der Waals surface area (Å²) < 4.78 is 0. The summed E-state index contributed by atoms with van der Waals surface area (Å²) in [6.07, 6.45) is 0. The van der Waals surface area contributed by atoms with E-state index in [4.69, 9.17) is 0 Å². The molecule has 0 unspecified atom stereocenters. The molecule has 7 rings (SSSR count). The highest BCUT2D eigenvalue weighted by atomic mass is 14.1. The lowest BCUT2D eigenvalue weighted by Crippen LogP contribution is -1.84. The van der Waals surface area contributed by atoms with Crippen LogP contribution in [0.5, 0.6) is 0 Å². The van der Waals surface area contributed by atoms with Crippen molar-refractivity contribution in [3.8, 4) is 0 Å². The quantitative estimate of drug-likeness (QED) is 0.183. The molecule has 0 N–H and O–H groups in total. The maximum atomic E-state index is 2.39. The van der Waals surface area contributed by atoms with Gasteiger partial charge in [0.15, 0.2) is 0 Å². The maximum Gasteiger partial charge on any atom is -0.00266 e. The van der Waals surface area contributed by atoms with Gasteiger partial charge in [0.1, 0.15) is 0 Å². The van der Waals surface area contributed by atoms with Gasteiger partial charge in [0.05, 0.1) is 0 Å². The van der Waals surface area contributed by atoms with E-state index in [1.807, 2.05) is 0 Å². The third-order valence-corrected chi connectivity index (χ3v) is 6.54. The summed E-state index contributed by atoms with van der Waals surface area (Å²) in [6, 6.07) is 40.3. The molecule has 7 aromatic carbocycles. The molecule has 0 aromatic heterocycles. The molecule has 0 bridgehead atoms. The topological polar surface area (TPSA) is 0 Å². The lowest BCUT2D eigenvalue weighted by molar-refractivity contribution is 1.78. The van der Waals surface area contributed by atoms with Crippen molar-refractivity contribution in [1.82, 2.24) is 0 Å². The van der Waals surface area contributed by atoms with Gasteiger partial charge in [-0.1, -0.05) is 84.9 Å². The third-order valence-electron chi connectivity index (χ3n) is 6.54. The van der Waals surface area contributed by atoms with Gasteiger partial charge < -0.3 is 0 Å². The molecule has 0 atom stereocenters. The lowest BCUT2D eigenvalue weighted by atomic mass is 9.93. The minimum atomic E-state index is 1.29. The van der Waals surface area contributed by atoms with E-state index in [1.165, 1.54) is 64.6 Å². The molecule has 0 spiro atoms. The van der Waals surface area contributed by atoms with Gasteiger partial charge in [0.25, 0.3) is 0 Å². The number of hydrogen-bond donors (Lipinski definition) is 0. The Morgan fingerprint density at radius 2 is 0.767 bits per heavy atom. The average molecular weight is 378 g/mol. The van der Waals surface area contributed by atoms with Gasteiger partial charge in [-0.3, -0.25) is 0 Å². The zero-order valence-electron chi connectivity index (χ0n) is 16.4. The van der Waals surface area contributed by atoms with Gasteiger partial charge in [0, 0.05) is 0 Å². The molecule has 0 radical (unpaired) electrons. The predicted octanol–water partition coefficient (Wildman–Crippen LogP) is 8.61. The van der Waals surface area contributed by atoms with E-state index in [0.717, 1.165) is 0 Å². The summed E-state index contributed by atoms with van der Waals surface area (Å²) >= 11 is 0. The molecule has 0 aliphatic carbocycles. The third kappa shape index (κ3) is 2.16. The Hall–Kier alpha value is -3.90. The van der Waals surface area contributed by atoms with Crippen LogP contribution in [0.4, 0.5) is 0 Å². The molecular weight excluding hydrogens is 360 g/mol. The van der Waals surface area contributed by atoms with Crippen LogP contribution in [0.25, 0.3) is 64.6 Å². The number of hydrogen-bond acceptors (Lipinski definition) is 0. The van der Waals surface area contributed by atoms with Gasteiger partial charge >= 0.3 is 0 Å². The SMILES string of the molecule is c1ccc2c(c1)ccc1cc3cc4ccc5ccc6ccccc6c5c4cc3cc12. The fourth-order valence-corrected chi connectivity index (χ4v) is 5.09. The number of fused-ring (bicyclic) bond motifs is 9. The van der Waals surface area contributed by atoms with Crippen LogP contribution in [0.15, 0.2) is 109 Å². The minimum Gasteiger partial charge on any atom is -0.0616 e. The molecule has 0 heterocycles. The van der Waals surface area contributed by atoms with Gasteiger partial charge in [-0.25, -0.2) is 0 Å². The fraction of sp³-hybridized carbons (Fsp3) is 0. The molecule has 0 nitrogen and oxygen atoms in total. The van der Waals surface area contributed by atoms with Crippen LogP contribution >= 0.6 is 0 Å². The van der Waals surface area contributed by atoms with E-state index < -0.39 is 0 Å². The van der Waals surface area contributed by atoms with Crippen molar-refractivity contribution >= 4 is 64.6 Å². The molecule has 0 amide bonds. The van der Waals surface area contributed by atoms with E-state index in [2.05, 4.69) is 109 Å². The van der Waals surface area contributed by atoms with Gasteiger partial charge in [-0.15, -0.1) is 0 Å². The van der Waals surface area contributed by atoms with Crippen LogP contribution in [0.2, 0.25) is 0 Å². The second kappa shape index (κ2) is 5.81. The highest BCUT2D eigenvalue weighted by Gasteiger charge is 2.08. The normalized spacial score (nSPS) is 12.0. The largest absolute Gasteiger partial charge is 0.0616 e. The second-order valence-corrected chi connectivity index (χ2v) is 8.23. The molecule has 138 valence electrons. The van der Waals surface area contributed by atoms with E-state index >= 15 is 0 Å².